The summed E-state index contributed by atoms with van der Waals surface area (Å²) in [5, 5.41) is 29.3. The van der Waals surface area contributed by atoms with Gasteiger partial charge in [0.05, 0.1) is 17.6 Å². The largest absolute Gasteiger partial charge is 0.481 e. The molecule has 2 aliphatic heterocycles. The Morgan fingerprint density at radius 3 is 2.38 bits per heavy atom. The first-order valence-electron chi connectivity index (χ1n) is 17.3. The maximum Gasteiger partial charge on any atom is 0.481 e. The summed E-state index contributed by atoms with van der Waals surface area (Å²) in [7, 11) is -0.550. The quantitative estimate of drug-likeness (QED) is 0.0414. The van der Waals surface area contributed by atoms with Crippen molar-refractivity contribution in [2.45, 2.75) is 148 Å². The second kappa shape index (κ2) is 15.7. The van der Waals surface area contributed by atoms with E-state index in [4.69, 9.17) is 14.4 Å². The smallest absolute Gasteiger partial charge is 0.404 e. The standard InChI is InChI=1S/C31H57BN6O7/c1-21(2)18-26(32-44-25-20-22-19-24(30(22,3)4)31(25,5)45-32)35-28(41)23(14-13-16-33-29-36-37(29)38(42)43)34-27(40)15-11-9-7-6-8-10-12-17-39/h21-26,29,33,36,39H,6-20H2,1-5H3,(H,34,40)(H,35,41)/t22-,23-,24-,25+,26-,29?,31-,37?/m0/s1. The van der Waals surface area contributed by atoms with Gasteiger partial charge in [-0.15, -0.1) is 5.43 Å². The van der Waals surface area contributed by atoms with Gasteiger partial charge in [0, 0.05) is 13.0 Å². The van der Waals surface area contributed by atoms with Crippen LogP contribution in [0.15, 0.2) is 0 Å². The lowest BCUT2D eigenvalue weighted by Crippen LogP contribution is -2.65. The predicted molar refractivity (Wildman–Crippen MR) is 170 cm³/mol. The third kappa shape index (κ3) is 9.09. The average Bonchev–Trinajstić information content (AvgIpc) is 3.67. The minimum Gasteiger partial charge on any atom is -0.404 e. The van der Waals surface area contributed by atoms with E-state index in [-0.39, 0.29) is 41.5 Å². The van der Waals surface area contributed by atoms with Crippen LogP contribution in [0.25, 0.3) is 0 Å². The van der Waals surface area contributed by atoms with E-state index in [0.717, 1.165) is 62.9 Å². The number of carbonyl (C=O) groups is 2. The number of aliphatic hydroxyl groups is 1. The van der Waals surface area contributed by atoms with Crippen LogP contribution in [0.5, 0.6) is 0 Å². The molecule has 13 nitrogen and oxygen atoms in total. The molecule has 0 radical (unpaired) electrons. The van der Waals surface area contributed by atoms with Crippen LogP contribution < -0.4 is 21.4 Å². The van der Waals surface area contributed by atoms with Crippen LogP contribution in [-0.2, 0) is 18.9 Å². The Kier molecular flexibility index (Phi) is 12.5. The molecule has 2 heterocycles. The molecule has 0 aromatic carbocycles. The maximum atomic E-state index is 13.8. The van der Waals surface area contributed by atoms with Crippen LogP contribution >= 0.6 is 0 Å². The number of amides is 2. The summed E-state index contributed by atoms with van der Waals surface area (Å²) < 4.78 is 13.3. The van der Waals surface area contributed by atoms with Crippen LogP contribution in [0.1, 0.15) is 118 Å². The molecule has 45 heavy (non-hydrogen) atoms. The van der Waals surface area contributed by atoms with Crippen molar-refractivity contribution in [2.24, 2.45) is 23.2 Å². The van der Waals surface area contributed by atoms with E-state index >= 15 is 0 Å². The highest BCUT2D eigenvalue weighted by Crippen LogP contribution is 2.65. The summed E-state index contributed by atoms with van der Waals surface area (Å²) in [5.41, 5.74) is 2.44. The summed E-state index contributed by atoms with van der Waals surface area (Å²) in [6, 6.07) is -0.739. The highest BCUT2D eigenvalue weighted by molar-refractivity contribution is 6.48. The lowest BCUT2D eigenvalue weighted by Gasteiger charge is -2.64. The first-order valence-corrected chi connectivity index (χ1v) is 17.3. The Balaban J connectivity index is 1.32. The van der Waals surface area contributed by atoms with Gasteiger partial charge in [-0.05, 0) is 86.7 Å². The number of nitro groups is 1. The molecule has 2 bridgehead atoms. The summed E-state index contributed by atoms with van der Waals surface area (Å²) in [6.45, 7) is 11.7. The zero-order valence-corrected chi connectivity index (χ0v) is 28.0. The van der Waals surface area contributed by atoms with Crippen molar-refractivity contribution in [1.29, 1.82) is 0 Å². The average molecular weight is 637 g/mol. The molecule has 5 N–H and O–H groups in total. The first kappa shape index (κ1) is 35.9. The summed E-state index contributed by atoms with van der Waals surface area (Å²) in [6.07, 6.45) is 10.3. The van der Waals surface area contributed by atoms with Crippen molar-refractivity contribution in [3.63, 3.8) is 0 Å². The van der Waals surface area contributed by atoms with Crippen LogP contribution in [0, 0.1) is 33.3 Å². The van der Waals surface area contributed by atoms with Gasteiger partial charge in [0.15, 0.2) is 5.03 Å². The van der Waals surface area contributed by atoms with Gasteiger partial charge in [-0.3, -0.25) is 14.9 Å². The van der Waals surface area contributed by atoms with Crippen LogP contribution in [0.3, 0.4) is 0 Å². The number of nitrogens with zero attached hydrogens (tertiary/aromatic N) is 2. The molecule has 0 spiro atoms. The number of aliphatic hydroxyl groups excluding tert-OH is 1. The van der Waals surface area contributed by atoms with Gasteiger partial charge in [-0.25, -0.2) is 10.1 Å². The van der Waals surface area contributed by atoms with Crippen molar-refractivity contribution < 1.29 is 29.0 Å². The van der Waals surface area contributed by atoms with E-state index in [0.29, 0.717) is 50.0 Å². The lowest BCUT2D eigenvalue weighted by molar-refractivity contribution is -0.627. The number of nitrogens with one attached hydrogen (secondary N) is 4. The van der Waals surface area contributed by atoms with Gasteiger partial charge in [-0.1, -0.05) is 59.8 Å². The summed E-state index contributed by atoms with van der Waals surface area (Å²) >= 11 is 0. The molecule has 0 aromatic rings. The molecule has 2 saturated heterocycles. The third-order valence-electron chi connectivity index (χ3n) is 10.7. The Labute approximate surface area is 268 Å². The Morgan fingerprint density at radius 2 is 1.76 bits per heavy atom. The van der Waals surface area contributed by atoms with Crippen molar-refractivity contribution >= 4 is 18.9 Å². The Bertz CT molecular complexity index is 1020. The number of hydrogen-bond acceptors (Lipinski definition) is 9. The molecule has 14 heteroatoms. The van der Waals surface area contributed by atoms with Crippen molar-refractivity contribution in [2.75, 3.05) is 13.2 Å². The second-order valence-corrected chi connectivity index (χ2v) is 14.9. The van der Waals surface area contributed by atoms with Gasteiger partial charge in [0.25, 0.3) is 0 Å². The summed E-state index contributed by atoms with van der Waals surface area (Å²) in [4.78, 5) is 37.6. The van der Waals surface area contributed by atoms with Gasteiger partial charge in [-0.2, -0.15) is 0 Å². The molecule has 3 aliphatic carbocycles. The molecule has 2 amide bonds. The van der Waals surface area contributed by atoms with E-state index in [1.54, 1.807) is 0 Å². The molecule has 1 unspecified atom stereocenters. The zero-order valence-electron chi connectivity index (χ0n) is 28.0. The zero-order chi connectivity index (χ0) is 32.8. The van der Waals surface area contributed by atoms with E-state index in [2.05, 4.69) is 56.0 Å². The van der Waals surface area contributed by atoms with Crippen molar-refractivity contribution in [3.8, 4) is 0 Å². The topological polar surface area (TPSA) is 177 Å². The molecule has 5 fully saturated rings. The molecular formula is C31H57BN6O7. The normalized spacial score (nSPS) is 29.1. The Morgan fingerprint density at radius 1 is 1.07 bits per heavy atom. The number of carbonyl (C=O) groups excluding carboxylic acids is 2. The minimum absolute atomic E-state index is 0.0110. The van der Waals surface area contributed by atoms with Gasteiger partial charge < -0.3 is 25.0 Å². The predicted octanol–water partition coefficient (Wildman–Crippen LogP) is 3.05. The lowest BCUT2D eigenvalue weighted by atomic mass is 9.43. The Hall–Kier alpha value is -2.00. The second-order valence-electron chi connectivity index (χ2n) is 14.9. The van der Waals surface area contributed by atoms with Crippen LogP contribution in [-0.4, -0.2) is 77.3 Å². The number of hydrogen-bond donors (Lipinski definition) is 5. The van der Waals surface area contributed by atoms with E-state index in [1.165, 1.54) is 0 Å². The fraction of sp³-hybridized carbons (Fsp3) is 0.935. The van der Waals surface area contributed by atoms with Crippen LogP contribution in [0.2, 0.25) is 0 Å². The van der Waals surface area contributed by atoms with Crippen molar-refractivity contribution in [3.05, 3.63) is 10.1 Å². The van der Waals surface area contributed by atoms with Gasteiger partial charge in [0.1, 0.15) is 6.04 Å². The SMILES string of the molecule is CC(C)C[C@H](NC(=O)[C@H](CCCNC1NN1[N+](=O)[O-])NC(=O)CCCCCCCCCO)B1O[C@@H]2C[C@@H]3C[C@@H](C3(C)C)[C@]2(C)O1. The number of unbranched alkanes of at least 4 members (excludes halogenated alkanes) is 6. The fourth-order valence-corrected chi connectivity index (χ4v) is 7.83. The molecule has 5 rings (SSSR count). The van der Waals surface area contributed by atoms with E-state index in [1.807, 2.05) is 0 Å². The molecule has 0 aromatic heterocycles. The van der Waals surface area contributed by atoms with E-state index < -0.39 is 24.5 Å². The fourth-order valence-electron chi connectivity index (χ4n) is 7.83. The number of hydrazine groups is 2. The summed E-state index contributed by atoms with van der Waals surface area (Å²) in [5.74, 6) is 0.574. The monoisotopic (exact) mass is 636 g/mol. The van der Waals surface area contributed by atoms with E-state index in [9.17, 15) is 19.7 Å². The maximum absolute atomic E-state index is 13.8. The highest BCUT2D eigenvalue weighted by atomic mass is 16.7. The van der Waals surface area contributed by atoms with Gasteiger partial charge >= 0.3 is 7.12 Å². The van der Waals surface area contributed by atoms with Crippen LogP contribution in [0.4, 0.5) is 0 Å². The molecule has 256 valence electrons. The van der Waals surface area contributed by atoms with Gasteiger partial charge in [0.2, 0.25) is 18.1 Å². The third-order valence-corrected chi connectivity index (χ3v) is 10.7. The molecule has 3 saturated carbocycles. The number of rotatable bonds is 21. The molecule has 5 aliphatic rings. The molecular weight excluding hydrogens is 579 g/mol. The first-order chi connectivity index (χ1) is 21.4. The highest BCUT2D eigenvalue weighted by Gasteiger charge is 2.68. The van der Waals surface area contributed by atoms with Crippen molar-refractivity contribution in [1.82, 2.24) is 26.5 Å². The molecule has 7 atom stereocenters. The minimum atomic E-state index is -0.739.